The van der Waals surface area contributed by atoms with Gasteiger partial charge in [0.05, 0.1) is 12.6 Å². The third-order valence-corrected chi connectivity index (χ3v) is 3.77. The lowest BCUT2D eigenvalue weighted by atomic mass is 9.93. The first-order valence-electron chi connectivity index (χ1n) is 7.48. The number of carboxylic acid groups (broad SMARTS) is 1. The van der Waals surface area contributed by atoms with E-state index in [0.717, 1.165) is 6.08 Å². The first-order chi connectivity index (χ1) is 11.8. The lowest BCUT2D eigenvalue weighted by molar-refractivity contribution is -0.147. The Kier molecular flexibility index (Phi) is 6.10. The number of aliphatic hydroxyl groups excluding tert-OH is 4. The molecule has 6 N–H and O–H groups in total. The van der Waals surface area contributed by atoms with Crippen molar-refractivity contribution in [3.8, 4) is 0 Å². The Morgan fingerprint density at radius 1 is 1.20 bits per heavy atom. The van der Waals surface area contributed by atoms with Crippen molar-refractivity contribution in [2.75, 3.05) is 6.61 Å². The molecule has 0 spiro atoms. The van der Waals surface area contributed by atoms with Crippen LogP contribution in [0.25, 0.3) is 0 Å². The van der Waals surface area contributed by atoms with E-state index in [1.165, 1.54) is 12.1 Å². The van der Waals surface area contributed by atoms with Crippen molar-refractivity contribution >= 4 is 11.9 Å². The number of benzene rings is 1. The Morgan fingerprint density at radius 3 is 2.40 bits per heavy atom. The Labute approximate surface area is 142 Å². The summed E-state index contributed by atoms with van der Waals surface area (Å²) in [6.45, 7) is -0.817. The van der Waals surface area contributed by atoms with Crippen LogP contribution in [0.5, 0.6) is 0 Å². The molecule has 0 unspecified atom stereocenters. The Hall–Kier alpha value is -2.46. The summed E-state index contributed by atoms with van der Waals surface area (Å²) in [5.74, 6) is -2.70. The molecule has 5 atom stereocenters. The quantitative estimate of drug-likeness (QED) is 0.351. The summed E-state index contributed by atoms with van der Waals surface area (Å²) in [4.78, 5) is 23.3. The molecule has 9 heteroatoms. The number of carboxylic acids is 1. The molecule has 0 aromatic heterocycles. The molecule has 1 heterocycles. The SMILES string of the molecule is O=C(O)C1=C[C@H](O)[C@@H](NC(=O)c2ccccc2)[C@H]([C@H](O)[C@H](O)CO)O1. The number of carbonyl (C=O) groups is 2. The van der Waals surface area contributed by atoms with Gasteiger partial charge in [0.2, 0.25) is 5.76 Å². The van der Waals surface area contributed by atoms with Gasteiger partial charge in [-0.3, -0.25) is 4.79 Å². The van der Waals surface area contributed by atoms with E-state index >= 15 is 0 Å². The second kappa shape index (κ2) is 8.08. The van der Waals surface area contributed by atoms with Crippen LogP contribution in [0.4, 0.5) is 0 Å². The van der Waals surface area contributed by atoms with Gasteiger partial charge in [-0.1, -0.05) is 18.2 Å². The zero-order valence-corrected chi connectivity index (χ0v) is 13.0. The number of amides is 1. The number of aliphatic carboxylic acids is 1. The fourth-order valence-electron chi connectivity index (χ4n) is 2.43. The van der Waals surface area contributed by atoms with E-state index in [-0.39, 0.29) is 5.56 Å². The van der Waals surface area contributed by atoms with Gasteiger partial charge in [-0.05, 0) is 18.2 Å². The van der Waals surface area contributed by atoms with Crippen LogP contribution in [0.15, 0.2) is 42.2 Å². The van der Waals surface area contributed by atoms with Gasteiger partial charge >= 0.3 is 5.97 Å². The van der Waals surface area contributed by atoms with Crippen molar-refractivity contribution in [1.29, 1.82) is 0 Å². The number of hydrogen-bond acceptors (Lipinski definition) is 7. The predicted molar refractivity (Wildman–Crippen MR) is 83.4 cm³/mol. The highest BCUT2D eigenvalue weighted by Gasteiger charge is 2.43. The van der Waals surface area contributed by atoms with Gasteiger partial charge in [-0.2, -0.15) is 0 Å². The fraction of sp³-hybridized carbons (Fsp3) is 0.375. The molecule has 136 valence electrons. The molecule has 1 aliphatic rings. The van der Waals surface area contributed by atoms with Gasteiger partial charge in [0.1, 0.15) is 18.3 Å². The number of carbonyl (C=O) groups excluding carboxylic acids is 1. The highest BCUT2D eigenvalue weighted by atomic mass is 16.5. The van der Waals surface area contributed by atoms with Gasteiger partial charge < -0.3 is 35.6 Å². The summed E-state index contributed by atoms with van der Waals surface area (Å²) < 4.78 is 5.12. The van der Waals surface area contributed by atoms with Crippen molar-refractivity contribution < 1.29 is 39.9 Å². The molecule has 0 saturated carbocycles. The minimum absolute atomic E-state index is 0.277. The smallest absolute Gasteiger partial charge is 0.370 e. The topological polar surface area (TPSA) is 157 Å². The molecule has 2 rings (SSSR count). The molecule has 0 aliphatic carbocycles. The summed E-state index contributed by atoms with van der Waals surface area (Å²) in [6, 6.07) is 6.78. The van der Waals surface area contributed by atoms with Gasteiger partial charge in [-0.15, -0.1) is 0 Å². The maximum absolute atomic E-state index is 12.3. The van der Waals surface area contributed by atoms with Gasteiger partial charge in [0.15, 0.2) is 6.10 Å². The van der Waals surface area contributed by atoms with Gasteiger partial charge in [0.25, 0.3) is 5.91 Å². The van der Waals surface area contributed by atoms with Crippen LogP contribution >= 0.6 is 0 Å². The monoisotopic (exact) mass is 353 g/mol. The van der Waals surface area contributed by atoms with E-state index in [0.29, 0.717) is 0 Å². The standard InChI is InChI=1S/C16H19NO8/c18-7-10(20)13(21)14-12(9(19)6-11(25-14)16(23)24)17-15(22)8-4-2-1-3-5-8/h1-6,9-10,12-14,18-21H,7H2,(H,17,22)(H,23,24)/t9-,10+,12+,13+,14+/m0/s1. The van der Waals surface area contributed by atoms with Crippen LogP contribution < -0.4 is 5.32 Å². The van der Waals surface area contributed by atoms with E-state index < -0.39 is 54.7 Å². The third kappa shape index (κ3) is 4.34. The highest BCUT2D eigenvalue weighted by molar-refractivity contribution is 5.94. The molecule has 1 aromatic carbocycles. The summed E-state index contributed by atoms with van der Waals surface area (Å²) in [6.07, 6.45) is -5.49. The summed E-state index contributed by atoms with van der Waals surface area (Å²) in [7, 11) is 0. The second-order valence-corrected chi connectivity index (χ2v) is 5.51. The average molecular weight is 353 g/mol. The predicted octanol–water partition coefficient (Wildman–Crippen LogP) is -1.77. The van der Waals surface area contributed by atoms with Crippen molar-refractivity contribution in [3.63, 3.8) is 0 Å². The second-order valence-electron chi connectivity index (χ2n) is 5.51. The molecule has 1 amide bonds. The number of nitrogens with one attached hydrogen (secondary N) is 1. The minimum Gasteiger partial charge on any atom is -0.478 e. The first kappa shape index (κ1) is 18.9. The van der Waals surface area contributed by atoms with Crippen LogP contribution in [0.1, 0.15) is 10.4 Å². The Morgan fingerprint density at radius 2 is 1.84 bits per heavy atom. The van der Waals surface area contributed by atoms with Crippen LogP contribution in [-0.4, -0.2) is 74.5 Å². The van der Waals surface area contributed by atoms with E-state index in [2.05, 4.69) is 5.32 Å². The molecule has 0 bridgehead atoms. The maximum Gasteiger partial charge on any atom is 0.370 e. The average Bonchev–Trinajstić information content (AvgIpc) is 2.62. The molecule has 0 fully saturated rings. The zero-order chi connectivity index (χ0) is 18.6. The molecule has 1 aliphatic heterocycles. The summed E-state index contributed by atoms with van der Waals surface area (Å²) >= 11 is 0. The molecular formula is C16H19NO8. The molecular weight excluding hydrogens is 334 g/mol. The van der Waals surface area contributed by atoms with Crippen molar-refractivity contribution in [2.45, 2.75) is 30.5 Å². The number of rotatable bonds is 6. The van der Waals surface area contributed by atoms with Crippen molar-refractivity contribution in [3.05, 3.63) is 47.7 Å². The molecule has 9 nitrogen and oxygen atoms in total. The van der Waals surface area contributed by atoms with E-state index in [9.17, 15) is 24.9 Å². The van der Waals surface area contributed by atoms with Gasteiger partial charge in [-0.25, -0.2) is 4.79 Å². The summed E-state index contributed by atoms with van der Waals surface area (Å²) in [5, 5.41) is 50.3. The van der Waals surface area contributed by atoms with Crippen LogP contribution in [-0.2, 0) is 9.53 Å². The maximum atomic E-state index is 12.3. The summed E-state index contributed by atoms with van der Waals surface area (Å²) in [5.41, 5.74) is 0.277. The van der Waals surface area contributed by atoms with E-state index in [1.54, 1.807) is 18.2 Å². The van der Waals surface area contributed by atoms with Gasteiger partial charge in [0, 0.05) is 5.56 Å². The normalized spacial score (nSPS) is 25.3. The first-order valence-corrected chi connectivity index (χ1v) is 7.48. The lowest BCUT2D eigenvalue weighted by Crippen LogP contribution is -2.60. The molecule has 25 heavy (non-hydrogen) atoms. The fourth-order valence-corrected chi connectivity index (χ4v) is 2.43. The number of hydrogen-bond donors (Lipinski definition) is 6. The largest absolute Gasteiger partial charge is 0.478 e. The molecule has 1 aromatic rings. The number of ether oxygens (including phenoxy) is 1. The highest BCUT2D eigenvalue weighted by Crippen LogP contribution is 2.23. The van der Waals surface area contributed by atoms with Crippen LogP contribution in [0.3, 0.4) is 0 Å². The molecule has 0 radical (unpaired) electrons. The lowest BCUT2D eigenvalue weighted by Gasteiger charge is -2.38. The third-order valence-electron chi connectivity index (χ3n) is 3.77. The van der Waals surface area contributed by atoms with Crippen LogP contribution in [0.2, 0.25) is 0 Å². The van der Waals surface area contributed by atoms with Crippen LogP contribution in [0, 0.1) is 0 Å². The Bertz CT molecular complexity index is 647. The Balaban J connectivity index is 2.27. The molecule has 0 saturated heterocycles. The minimum atomic E-state index is -1.75. The van der Waals surface area contributed by atoms with Crippen molar-refractivity contribution in [2.24, 2.45) is 0 Å². The van der Waals surface area contributed by atoms with E-state index in [1.807, 2.05) is 0 Å². The van der Waals surface area contributed by atoms with Crippen molar-refractivity contribution in [1.82, 2.24) is 5.32 Å². The van der Waals surface area contributed by atoms with E-state index in [4.69, 9.17) is 14.9 Å². The number of aliphatic hydroxyl groups is 4. The zero-order valence-electron chi connectivity index (χ0n) is 13.0.